The Kier molecular flexibility index (Phi) is 5.41. The van der Waals surface area contributed by atoms with Crippen molar-refractivity contribution < 1.29 is 9.53 Å². The highest BCUT2D eigenvalue weighted by Crippen LogP contribution is 2.19. The van der Waals surface area contributed by atoms with Gasteiger partial charge in [0.15, 0.2) is 0 Å². The number of anilines is 2. The minimum atomic E-state index is -0.183. The van der Waals surface area contributed by atoms with Crippen LogP contribution in [0.3, 0.4) is 0 Å². The summed E-state index contributed by atoms with van der Waals surface area (Å²) in [6, 6.07) is 3.63. The van der Waals surface area contributed by atoms with Crippen molar-refractivity contribution in [3.05, 3.63) is 36.3 Å². The largest absolute Gasteiger partial charge is 0.372 e. The summed E-state index contributed by atoms with van der Waals surface area (Å²) in [7, 11) is 3.60. The van der Waals surface area contributed by atoms with Crippen LogP contribution in [0.4, 0.5) is 16.3 Å². The number of rotatable bonds is 4. The molecule has 0 radical (unpaired) electrons. The Morgan fingerprint density at radius 1 is 1.31 bits per heavy atom. The van der Waals surface area contributed by atoms with Gasteiger partial charge in [-0.2, -0.15) is 5.10 Å². The van der Waals surface area contributed by atoms with E-state index in [2.05, 4.69) is 34.1 Å². The van der Waals surface area contributed by atoms with Gasteiger partial charge >= 0.3 is 6.03 Å². The summed E-state index contributed by atoms with van der Waals surface area (Å²) in [5, 5.41) is 6.98. The predicted molar refractivity (Wildman–Crippen MR) is 100 cm³/mol. The van der Waals surface area contributed by atoms with E-state index in [0.717, 1.165) is 24.5 Å². The van der Waals surface area contributed by atoms with Gasteiger partial charge in [0.25, 0.3) is 0 Å². The van der Waals surface area contributed by atoms with Crippen LogP contribution in [0.2, 0.25) is 0 Å². The van der Waals surface area contributed by atoms with Crippen molar-refractivity contribution in [3.8, 4) is 0 Å². The lowest BCUT2D eigenvalue weighted by Crippen LogP contribution is -2.45. The van der Waals surface area contributed by atoms with Crippen molar-refractivity contribution in [1.82, 2.24) is 19.7 Å². The summed E-state index contributed by atoms with van der Waals surface area (Å²) < 4.78 is 7.47. The van der Waals surface area contributed by atoms with Crippen LogP contribution < -0.4 is 10.2 Å². The Labute approximate surface area is 153 Å². The summed E-state index contributed by atoms with van der Waals surface area (Å²) in [6.07, 6.45) is 5.70. The zero-order chi connectivity index (χ0) is 18.7. The first-order valence-electron chi connectivity index (χ1n) is 8.77. The Balaban J connectivity index is 1.57. The lowest BCUT2D eigenvalue weighted by Gasteiger charge is -2.36. The number of aryl methyl sites for hydroxylation is 1. The number of aromatic nitrogens is 3. The molecule has 1 saturated heterocycles. The topological polar surface area (TPSA) is 75.5 Å². The number of carbonyl (C=O) groups is 1. The number of nitrogens with zero attached hydrogens (tertiary/aromatic N) is 5. The van der Waals surface area contributed by atoms with Gasteiger partial charge in [0.05, 0.1) is 36.8 Å². The van der Waals surface area contributed by atoms with Crippen LogP contribution in [0.5, 0.6) is 0 Å². The number of pyridine rings is 1. The van der Waals surface area contributed by atoms with Crippen LogP contribution in [0.15, 0.2) is 30.7 Å². The quantitative estimate of drug-likeness (QED) is 0.906. The number of urea groups is 1. The molecule has 8 nitrogen and oxygen atoms in total. The van der Waals surface area contributed by atoms with Crippen LogP contribution in [0.1, 0.15) is 19.4 Å². The number of hydrogen-bond donors (Lipinski definition) is 1. The maximum absolute atomic E-state index is 12.3. The molecule has 3 rings (SSSR count). The molecule has 2 aromatic rings. The average molecular weight is 358 g/mol. The number of morpholine rings is 1. The van der Waals surface area contributed by atoms with Crippen molar-refractivity contribution in [2.45, 2.75) is 32.6 Å². The second-order valence-corrected chi connectivity index (χ2v) is 6.88. The smallest absolute Gasteiger partial charge is 0.321 e. The fourth-order valence-electron chi connectivity index (χ4n) is 3.13. The minimum absolute atomic E-state index is 0.182. The van der Waals surface area contributed by atoms with Gasteiger partial charge in [-0.15, -0.1) is 0 Å². The van der Waals surface area contributed by atoms with E-state index in [4.69, 9.17) is 4.74 Å². The van der Waals surface area contributed by atoms with E-state index < -0.39 is 0 Å². The molecule has 1 aliphatic heterocycles. The molecule has 1 fully saturated rings. The first-order chi connectivity index (χ1) is 12.4. The van der Waals surface area contributed by atoms with Gasteiger partial charge in [0.1, 0.15) is 5.82 Å². The molecule has 0 aliphatic carbocycles. The van der Waals surface area contributed by atoms with Gasteiger partial charge in [-0.3, -0.25) is 4.68 Å². The summed E-state index contributed by atoms with van der Waals surface area (Å²) in [5.74, 6) is 0.897. The molecular weight excluding hydrogens is 332 g/mol. The van der Waals surface area contributed by atoms with Crippen molar-refractivity contribution in [2.75, 3.05) is 30.4 Å². The summed E-state index contributed by atoms with van der Waals surface area (Å²) in [5.41, 5.74) is 1.65. The van der Waals surface area contributed by atoms with Crippen LogP contribution >= 0.6 is 0 Å². The standard InChI is InChI=1S/C18H26N6O2/c1-13-9-24(10-14(2)26-13)17-6-5-16(8-19-17)21-18(25)22(3)11-15-7-20-23(4)12-15/h5-8,12-14H,9-11H2,1-4H3,(H,21,25)/t13-,14-/m0/s1. The van der Waals surface area contributed by atoms with Gasteiger partial charge < -0.3 is 19.9 Å². The van der Waals surface area contributed by atoms with E-state index in [0.29, 0.717) is 12.2 Å². The van der Waals surface area contributed by atoms with Gasteiger partial charge in [-0.05, 0) is 26.0 Å². The van der Waals surface area contributed by atoms with E-state index in [9.17, 15) is 4.79 Å². The van der Waals surface area contributed by atoms with E-state index in [1.165, 1.54) is 0 Å². The average Bonchev–Trinajstić information content (AvgIpc) is 2.99. The monoisotopic (exact) mass is 358 g/mol. The molecule has 26 heavy (non-hydrogen) atoms. The van der Waals surface area contributed by atoms with Crippen molar-refractivity contribution in [2.24, 2.45) is 7.05 Å². The van der Waals surface area contributed by atoms with E-state index in [-0.39, 0.29) is 18.2 Å². The van der Waals surface area contributed by atoms with Crippen LogP contribution in [-0.4, -0.2) is 58.0 Å². The number of amides is 2. The van der Waals surface area contributed by atoms with E-state index in [1.54, 1.807) is 29.0 Å². The third kappa shape index (κ3) is 4.51. The molecule has 0 saturated carbocycles. The fraction of sp³-hybridized carbons (Fsp3) is 0.500. The molecule has 0 unspecified atom stereocenters. The summed E-state index contributed by atoms with van der Waals surface area (Å²) in [6.45, 7) is 6.26. The molecule has 0 aromatic carbocycles. The van der Waals surface area contributed by atoms with Gasteiger partial charge in [-0.1, -0.05) is 0 Å². The van der Waals surface area contributed by atoms with Crippen molar-refractivity contribution >= 4 is 17.5 Å². The number of nitrogens with one attached hydrogen (secondary N) is 1. The molecule has 2 aromatic heterocycles. The molecule has 3 heterocycles. The molecule has 1 aliphatic rings. The molecule has 0 spiro atoms. The first-order valence-corrected chi connectivity index (χ1v) is 8.77. The Morgan fingerprint density at radius 2 is 2.04 bits per heavy atom. The van der Waals surface area contributed by atoms with Gasteiger partial charge in [0, 0.05) is 38.9 Å². The molecule has 2 atom stereocenters. The zero-order valence-electron chi connectivity index (χ0n) is 15.7. The van der Waals surface area contributed by atoms with Gasteiger partial charge in [-0.25, -0.2) is 9.78 Å². The second kappa shape index (κ2) is 7.74. The van der Waals surface area contributed by atoms with Crippen molar-refractivity contribution in [3.63, 3.8) is 0 Å². The highest BCUT2D eigenvalue weighted by atomic mass is 16.5. The zero-order valence-corrected chi connectivity index (χ0v) is 15.7. The third-order valence-electron chi connectivity index (χ3n) is 4.27. The molecular formula is C18H26N6O2. The number of ether oxygens (including phenoxy) is 1. The highest BCUT2D eigenvalue weighted by molar-refractivity contribution is 5.89. The minimum Gasteiger partial charge on any atom is -0.372 e. The maximum Gasteiger partial charge on any atom is 0.321 e. The Morgan fingerprint density at radius 3 is 2.62 bits per heavy atom. The lowest BCUT2D eigenvalue weighted by molar-refractivity contribution is -0.00545. The molecule has 1 N–H and O–H groups in total. The van der Waals surface area contributed by atoms with Crippen LogP contribution in [0.25, 0.3) is 0 Å². The summed E-state index contributed by atoms with van der Waals surface area (Å²) >= 11 is 0. The molecule has 140 valence electrons. The Hall–Kier alpha value is -2.61. The van der Waals surface area contributed by atoms with E-state index in [1.807, 2.05) is 25.4 Å². The first kappa shape index (κ1) is 18.2. The maximum atomic E-state index is 12.3. The predicted octanol–water partition coefficient (Wildman–Crippen LogP) is 2.09. The third-order valence-corrected chi connectivity index (χ3v) is 4.27. The van der Waals surface area contributed by atoms with Crippen LogP contribution in [-0.2, 0) is 18.3 Å². The SMILES string of the molecule is C[C@H]1CN(c2ccc(NC(=O)N(C)Cc3cnn(C)c3)cn2)C[C@H](C)O1. The van der Waals surface area contributed by atoms with Crippen molar-refractivity contribution in [1.29, 1.82) is 0 Å². The Bertz CT molecular complexity index is 734. The second-order valence-electron chi connectivity index (χ2n) is 6.88. The van der Waals surface area contributed by atoms with Crippen LogP contribution in [0, 0.1) is 0 Å². The molecule has 8 heteroatoms. The van der Waals surface area contributed by atoms with Gasteiger partial charge in [0.2, 0.25) is 0 Å². The lowest BCUT2D eigenvalue weighted by atomic mass is 10.2. The van der Waals surface area contributed by atoms with E-state index >= 15 is 0 Å². The normalized spacial score (nSPS) is 20.1. The number of hydrogen-bond acceptors (Lipinski definition) is 5. The summed E-state index contributed by atoms with van der Waals surface area (Å²) in [4.78, 5) is 20.6. The number of carbonyl (C=O) groups excluding carboxylic acids is 1. The molecule has 2 amide bonds. The fourth-order valence-corrected chi connectivity index (χ4v) is 3.13. The molecule has 0 bridgehead atoms. The highest BCUT2D eigenvalue weighted by Gasteiger charge is 2.23.